The third kappa shape index (κ3) is 5.12. The van der Waals surface area contributed by atoms with Gasteiger partial charge in [0.25, 0.3) is 11.1 Å². The van der Waals surface area contributed by atoms with Gasteiger partial charge in [-0.05, 0) is 109 Å². The van der Waals surface area contributed by atoms with Gasteiger partial charge in [-0.25, -0.2) is 0 Å². The zero-order chi connectivity index (χ0) is 40.1. The van der Waals surface area contributed by atoms with Crippen LogP contribution in [0.25, 0.3) is 97.7 Å². The Morgan fingerprint density at radius 2 is 1.00 bits per heavy atom. The molecule has 3 aromatic heterocycles. The molecule has 5 heteroatoms. The molecule has 0 aliphatic rings. The second-order valence-electron chi connectivity index (χ2n) is 20.1. The molecule has 0 fully saturated rings. The van der Waals surface area contributed by atoms with E-state index in [0.717, 1.165) is 68.3 Å². The largest absolute Gasteiger partial charge is 0.456 e. The van der Waals surface area contributed by atoms with Gasteiger partial charge in [0, 0.05) is 49.8 Å². The van der Waals surface area contributed by atoms with Crippen LogP contribution in [0.3, 0.4) is 0 Å². The molecule has 0 saturated carbocycles. The van der Waals surface area contributed by atoms with Crippen LogP contribution in [-0.4, -0.2) is 4.57 Å². The molecule has 0 unspecified atom stereocenters. The van der Waals surface area contributed by atoms with Gasteiger partial charge in [-0.1, -0.05) is 113 Å². The highest BCUT2D eigenvalue weighted by Crippen LogP contribution is 2.53. The van der Waals surface area contributed by atoms with Gasteiger partial charge in [0.05, 0.1) is 5.39 Å². The molecular weight excluding hydrogens is 703 g/mol. The molecule has 290 valence electrons. The standard InChI is InChI=1S/C52H53NO4/c1-11-12-13-14-15-16-19-53-48(54)30-17-18-37-43-41(30)35(49(53)55)26-39-44(43)45-38(56-37)25-34-32-23-29(51(5,6)7)21-27-20-28(50(2,3)4)22-31(40(27)32)33-24-36(52(8,9)10)47(57-39)46(45)42(33)34/h17-18,20-26H,11-16,19H2,1-10H3. The lowest BCUT2D eigenvalue weighted by Gasteiger charge is -2.28. The van der Waals surface area contributed by atoms with Crippen molar-refractivity contribution in [3.05, 3.63) is 92.0 Å². The predicted molar refractivity (Wildman–Crippen MR) is 242 cm³/mol. The molecular formula is C52H53NO4. The lowest BCUT2D eigenvalue weighted by Crippen LogP contribution is -2.33. The monoisotopic (exact) mass is 755 g/mol. The normalized spacial score (nSPS) is 13.7. The molecule has 0 aliphatic heterocycles. The van der Waals surface area contributed by atoms with Crippen molar-refractivity contribution in [1.29, 1.82) is 0 Å². The van der Waals surface area contributed by atoms with E-state index in [0.29, 0.717) is 33.9 Å². The number of benzene rings is 7. The highest BCUT2D eigenvalue weighted by atomic mass is 16.3. The molecule has 5 nitrogen and oxygen atoms in total. The molecule has 0 aliphatic carbocycles. The Morgan fingerprint density at radius 3 is 1.65 bits per heavy atom. The second-order valence-corrected chi connectivity index (χ2v) is 20.1. The van der Waals surface area contributed by atoms with Gasteiger partial charge in [-0.3, -0.25) is 14.2 Å². The zero-order valence-electron chi connectivity index (χ0n) is 35.2. The first kappa shape index (κ1) is 36.2. The minimum atomic E-state index is -0.271. The average molecular weight is 756 g/mol. The Labute approximate surface area is 332 Å². The number of hydrogen-bond donors (Lipinski definition) is 0. The molecule has 0 radical (unpaired) electrons. The van der Waals surface area contributed by atoms with Crippen LogP contribution in [0.4, 0.5) is 0 Å². The molecule has 0 amide bonds. The van der Waals surface area contributed by atoms with Gasteiger partial charge in [0.15, 0.2) is 0 Å². The minimum Gasteiger partial charge on any atom is -0.456 e. The van der Waals surface area contributed by atoms with Gasteiger partial charge in [0.1, 0.15) is 22.3 Å². The minimum absolute atomic E-state index is 0.0548. The van der Waals surface area contributed by atoms with E-state index in [9.17, 15) is 9.59 Å². The first-order valence-corrected chi connectivity index (χ1v) is 21.1. The van der Waals surface area contributed by atoms with E-state index in [4.69, 9.17) is 8.83 Å². The zero-order valence-corrected chi connectivity index (χ0v) is 35.2. The summed E-state index contributed by atoms with van der Waals surface area (Å²) in [5.41, 5.74) is 5.73. The van der Waals surface area contributed by atoms with Gasteiger partial charge in [-0.15, -0.1) is 0 Å². The number of unbranched alkanes of at least 4 members (excludes halogenated alkanes) is 5. The fraction of sp³-hybridized carbons (Fsp3) is 0.385. The van der Waals surface area contributed by atoms with E-state index in [1.807, 2.05) is 18.2 Å². The van der Waals surface area contributed by atoms with Crippen molar-refractivity contribution in [3.8, 4) is 0 Å². The van der Waals surface area contributed by atoms with Gasteiger partial charge in [-0.2, -0.15) is 0 Å². The highest BCUT2D eigenvalue weighted by molar-refractivity contribution is 6.43. The van der Waals surface area contributed by atoms with Crippen LogP contribution in [0.2, 0.25) is 0 Å². The van der Waals surface area contributed by atoms with Crippen LogP contribution < -0.4 is 11.1 Å². The van der Waals surface area contributed by atoms with E-state index in [1.165, 1.54) is 61.9 Å². The molecule has 0 spiro atoms. The maximum atomic E-state index is 14.4. The van der Waals surface area contributed by atoms with Crippen LogP contribution in [0, 0.1) is 0 Å². The van der Waals surface area contributed by atoms with E-state index in [1.54, 1.807) is 0 Å². The lowest BCUT2D eigenvalue weighted by molar-refractivity contribution is 0.545. The summed E-state index contributed by atoms with van der Waals surface area (Å²) < 4.78 is 15.7. The summed E-state index contributed by atoms with van der Waals surface area (Å²) in [5.74, 6) is 0. The van der Waals surface area contributed by atoms with E-state index < -0.39 is 0 Å². The molecule has 0 bridgehead atoms. The topological polar surface area (TPSA) is 65.3 Å². The Kier molecular flexibility index (Phi) is 7.58. The fourth-order valence-corrected chi connectivity index (χ4v) is 9.94. The smallest absolute Gasteiger partial charge is 0.261 e. The third-order valence-corrected chi connectivity index (χ3v) is 13.1. The van der Waals surface area contributed by atoms with Crippen molar-refractivity contribution in [2.75, 3.05) is 0 Å². The number of rotatable bonds is 7. The Bertz CT molecular complexity index is 3360. The first-order valence-electron chi connectivity index (χ1n) is 21.1. The number of aromatic nitrogens is 1. The predicted octanol–water partition coefficient (Wildman–Crippen LogP) is 14.3. The molecule has 0 saturated heterocycles. The van der Waals surface area contributed by atoms with Crippen molar-refractivity contribution in [1.82, 2.24) is 4.57 Å². The summed E-state index contributed by atoms with van der Waals surface area (Å²) >= 11 is 0. The highest BCUT2D eigenvalue weighted by Gasteiger charge is 2.31. The summed E-state index contributed by atoms with van der Waals surface area (Å²) in [7, 11) is 0. The average Bonchev–Trinajstić information content (AvgIpc) is 3.15. The summed E-state index contributed by atoms with van der Waals surface area (Å²) in [6.45, 7) is 23.1. The van der Waals surface area contributed by atoms with Crippen molar-refractivity contribution >= 4 is 97.7 Å². The number of nitrogens with zero attached hydrogens (tertiary/aromatic N) is 1. The number of fused-ring (bicyclic) bond motifs is 2. The van der Waals surface area contributed by atoms with Gasteiger partial charge in [0.2, 0.25) is 0 Å². The molecule has 0 N–H and O–H groups in total. The first-order chi connectivity index (χ1) is 27.0. The summed E-state index contributed by atoms with van der Waals surface area (Å²) in [6.07, 6.45) is 6.48. The molecule has 0 atom stereocenters. The molecule has 7 aromatic carbocycles. The molecule has 10 rings (SSSR count). The third-order valence-electron chi connectivity index (χ3n) is 13.1. The van der Waals surface area contributed by atoms with Gasteiger partial charge < -0.3 is 8.83 Å². The van der Waals surface area contributed by atoms with E-state index in [-0.39, 0.29) is 27.4 Å². The molecule has 57 heavy (non-hydrogen) atoms. The second kappa shape index (κ2) is 11.9. The van der Waals surface area contributed by atoms with Crippen LogP contribution in [-0.2, 0) is 22.8 Å². The van der Waals surface area contributed by atoms with Gasteiger partial charge >= 0.3 is 0 Å². The molecule has 3 heterocycles. The van der Waals surface area contributed by atoms with Crippen LogP contribution >= 0.6 is 0 Å². The van der Waals surface area contributed by atoms with Crippen LogP contribution in [0.1, 0.15) is 124 Å². The SMILES string of the molecule is CCCCCCCCn1c(=O)c2ccc3oc4cc5c6cc(C(C)(C)C)cc7cc(C(C)(C)C)cc(c8cc(C(C)(C)C)c9oc%10cc(c1=O)c2c3c%10c4c9c85)c76. The summed E-state index contributed by atoms with van der Waals surface area (Å²) in [4.78, 5) is 28.6. The quantitative estimate of drug-likeness (QED) is 0.0923. The lowest BCUT2D eigenvalue weighted by atomic mass is 9.77. The Morgan fingerprint density at radius 1 is 0.474 bits per heavy atom. The van der Waals surface area contributed by atoms with Crippen LogP contribution in [0.5, 0.6) is 0 Å². The fourth-order valence-electron chi connectivity index (χ4n) is 9.94. The van der Waals surface area contributed by atoms with E-state index >= 15 is 0 Å². The summed E-state index contributed by atoms with van der Waals surface area (Å²) in [5, 5.41) is 14.0. The maximum Gasteiger partial charge on any atom is 0.261 e. The van der Waals surface area contributed by atoms with Crippen molar-refractivity contribution in [2.24, 2.45) is 0 Å². The summed E-state index contributed by atoms with van der Waals surface area (Å²) in [6, 6.07) is 20.0. The maximum absolute atomic E-state index is 14.4. The van der Waals surface area contributed by atoms with Crippen molar-refractivity contribution in [3.63, 3.8) is 0 Å². The number of pyridine rings is 1. The Balaban J connectivity index is 1.39. The molecule has 10 aromatic rings. The Hall–Kier alpha value is -5.16. The van der Waals surface area contributed by atoms with Crippen molar-refractivity contribution < 1.29 is 8.83 Å². The van der Waals surface area contributed by atoms with Crippen LogP contribution in [0.15, 0.2) is 73.0 Å². The van der Waals surface area contributed by atoms with Crippen molar-refractivity contribution in [2.45, 2.75) is 131 Å². The van der Waals surface area contributed by atoms with E-state index in [2.05, 4.69) is 106 Å². The number of hydrogen-bond acceptors (Lipinski definition) is 4.